The highest BCUT2D eigenvalue weighted by atomic mass is 16.4. The Morgan fingerprint density at radius 1 is 0.905 bits per heavy atom. The molecular formula is C19H38O2. The Hall–Kier alpha value is -0.530. The van der Waals surface area contributed by atoms with E-state index in [0.717, 1.165) is 18.3 Å². The summed E-state index contributed by atoms with van der Waals surface area (Å²) < 4.78 is 0. The average Bonchev–Trinajstić information content (AvgIpc) is 2.38. The molecule has 3 unspecified atom stereocenters. The van der Waals surface area contributed by atoms with Crippen LogP contribution >= 0.6 is 0 Å². The lowest BCUT2D eigenvalue weighted by Gasteiger charge is -2.23. The molecule has 1 N–H and O–H groups in total. The van der Waals surface area contributed by atoms with E-state index >= 15 is 0 Å². The van der Waals surface area contributed by atoms with E-state index in [4.69, 9.17) is 5.11 Å². The standard InChI is InChI=1S/C19H38O2/c1-6-7-8-12-18(14-17(5)19(20)21)13-16(4)11-9-10-15(2)3/h15-18H,6-14H2,1-5H3,(H,20,21). The van der Waals surface area contributed by atoms with Gasteiger partial charge in [0.25, 0.3) is 0 Å². The van der Waals surface area contributed by atoms with Crippen molar-refractivity contribution in [2.45, 2.75) is 92.4 Å². The van der Waals surface area contributed by atoms with Gasteiger partial charge in [0.1, 0.15) is 0 Å². The summed E-state index contributed by atoms with van der Waals surface area (Å²) in [6.07, 6.45) is 11.0. The van der Waals surface area contributed by atoms with Crippen molar-refractivity contribution in [2.75, 3.05) is 0 Å². The van der Waals surface area contributed by atoms with Crippen molar-refractivity contribution in [1.82, 2.24) is 0 Å². The molecule has 0 bridgehead atoms. The van der Waals surface area contributed by atoms with Crippen molar-refractivity contribution in [3.05, 3.63) is 0 Å². The number of aliphatic carboxylic acids is 1. The molecule has 0 fully saturated rings. The van der Waals surface area contributed by atoms with Gasteiger partial charge >= 0.3 is 5.97 Å². The molecule has 0 spiro atoms. The minimum Gasteiger partial charge on any atom is -0.481 e. The SMILES string of the molecule is CCCCCC(CC(C)CCCC(C)C)CC(C)C(=O)O. The maximum Gasteiger partial charge on any atom is 0.306 e. The molecule has 0 saturated heterocycles. The molecule has 0 aromatic carbocycles. The van der Waals surface area contributed by atoms with E-state index in [-0.39, 0.29) is 5.92 Å². The van der Waals surface area contributed by atoms with Gasteiger partial charge in [-0.3, -0.25) is 4.79 Å². The summed E-state index contributed by atoms with van der Waals surface area (Å²) in [7, 11) is 0. The fraction of sp³-hybridized carbons (Fsp3) is 0.947. The first-order chi connectivity index (χ1) is 9.86. The third kappa shape index (κ3) is 11.8. The summed E-state index contributed by atoms with van der Waals surface area (Å²) in [5, 5.41) is 9.14. The molecule has 0 heterocycles. The number of carbonyl (C=O) groups is 1. The maximum atomic E-state index is 11.1. The first-order valence-corrected chi connectivity index (χ1v) is 9.09. The van der Waals surface area contributed by atoms with E-state index in [1.807, 2.05) is 6.92 Å². The van der Waals surface area contributed by atoms with Crippen LogP contribution in [0.4, 0.5) is 0 Å². The highest BCUT2D eigenvalue weighted by molar-refractivity contribution is 5.69. The van der Waals surface area contributed by atoms with Gasteiger partial charge < -0.3 is 5.11 Å². The van der Waals surface area contributed by atoms with Crippen LogP contribution in [0.5, 0.6) is 0 Å². The predicted molar refractivity (Wildman–Crippen MR) is 91.5 cm³/mol. The Bertz CT molecular complexity index is 260. The molecular weight excluding hydrogens is 260 g/mol. The summed E-state index contributed by atoms with van der Waals surface area (Å²) in [5.74, 6) is 1.29. The van der Waals surface area contributed by atoms with Gasteiger partial charge in [-0.15, -0.1) is 0 Å². The van der Waals surface area contributed by atoms with Crippen LogP contribution in [0.1, 0.15) is 92.4 Å². The Labute approximate surface area is 132 Å². The molecule has 0 amide bonds. The molecule has 0 saturated carbocycles. The second-order valence-electron chi connectivity index (χ2n) is 7.50. The molecule has 3 atom stereocenters. The number of unbranched alkanes of at least 4 members (excludes halogenated alkanes) is 2. The number of hydrogen-bond donors (Lipinski definition) is 1. The van der Waals surface area contributed by atoms with E-state index in [1.54, 1.807) is 0 Å². The first kappa shape index (κ1) is 20.5. The van der Waals surface area contributed by atoms with Gasteiger partial charge in [-0.1, -0.05) is 79.6 Å². The summed E-state index contributed by atoms with van der Waals surface area (Å²) in [4.78, 5) is 11.1. The monoisotopic (exact) mass is 298 g/mol. The van der Waals surface area contributed by atoms with Crippen LogP contribution in [0.15, 0.2) is 0 Å². The normalized spacial score (nSPS) is 15.9. The molecule has 0 aromatic rings. The Kier molecular flexibility index (Phi) is 11.8. The molecule has 0 aliphatic heterocycles. The van der Waals surface area contributed by atoms with Gasteiger partial charge in [0.05, 0.1) is 5.92 Å². The average molecular weight is 299 g/mol. The summed E-state index contributed by atoms with van der Waals surface area (Å²) in [6.45, 7) is 11.0. The minimum absolute atomic E-state index is 0.195. The van der Waals surface area contributed by atoms with Crippen LogP contribution in [-0.4, -0.2) is 11.1 Å². The van der Waals surface area contributed by atoms with Crippen LogP contribution < -0.4 is 0 Å². The zero-order valence-corrected chi connectivity index (χ0v) is 15.0. The molecule has 0 rings (SSSR count). The van der Waals surface area contributed by atoms with E-state index < -0.39 is 5.97 Å². The number of carboxylic acids is 1. The number of carboxylic acid groups (broad SMARTS) is 1. The van der Waals surface area contributed by atoms with Crippen molar-refractivity contribution in [3.63, 3.8) is 0 Å². The fourth-order valence-corrected chi connectivity index (χ4v) is 3.18. The van der Waals surface area contributed by atoms with Gasteiger partial charge in [0.15, 0.2) is 0 Å². The highest BCUT2D eigenvalue weighted by Crippen LogP contribution is 2.28. The summed E-state index contributed by atoms with van der Waals surface area (Å²) in [5.41, 5.74) is 0. The van der Waals surface area contributed by atoms with Gasteiger partial charge in [0.2, 0.25) is 0 Å². The van der Waals surface area contributed by atoms with Crippen LogP contribution in [0, 0.1) is 23.7 Å². The van der Waals surface area contributed by atoms with Crippen molar-refractivity contribution in [3.8, 4) is 0 Å². The van der Waals surface area contributed by atoms with Crippen LogP contribution in [0.25, 0.3) is 0 Å². The quantitative estimate of drug-likeness (QED) is 0.414. The zero-order chi connectivity index (χ0) is 16.3. The highest BCUT2D eigenvalue weighted by Gasteiger charge is 2.20. The van der Waals surface area contributed by atoms with Crippen molar-refractivity contribution >= 4 is 5.97 Å². The van der Waals surface area contributed by atoms with E-state index in [0.29, 0.717) is 5.92 Å². The lowest BCUT2D eigenvalue weighted by atomic mass is 9.83. The summed E-state index contributed by atoms with van der Waals surface area (Å²) in [6, 6.07) is 0. The lowest BCUT2D eigenvalue weighted by molar-refractivity contribution is -0.141. The molecule has 0 aliphatic carbocycles. The van der Waals surface area contributed by atoms with E-state index in [1.165, 1.54) is 51.4 Å². The Balaban J connectivity index is 4.20. The van der Waals surface area contributed by atoms with E-state index in [9.17, 15) is 4.79 Å². The zero-order valence-electron chi connectivity index (χ0n) is 15.0. The van der Waals surface area contributed by atoms with Gasteiger partial charge in [-0.25, -0.2) is 0 Å². The van der Waals surface area contributed by atoms with Crippen LogP contribution in [-0.2, 0) is 4.79 Å². The maximum absolute atomic E-state index is 11.1. The minimum atomic E-state index is -0.636. The number of rotatable bonds is 13. The fourth-order valence-electron chi connectivity index (χ4n) is 3.18. The largest absolute Gasteiger partial charge is 0.481 e. The molecule has 21 heavy (non-hydrogen) atoms. The molecule has 0 aromatic heterocycles. The number of hydrogen-bond acceptors (Lipinski definition) is 1. The second kappa shape index (κ2) is 12.1. The summed E-state index contributed by atoms with van der Waals surface area (Å²) >= 11 is 0. The lowest BCUT2D eigenvalue weighted by Crippen LogP contribution is -2.17. The molecule has 2 nitrogen and oxygen atoms in total. The predicted octanol–water partition coefficient (Wildman–Crippen LogP) is 6.15. The Morgan fingerprint density at radius 3 is 2.10 bits per heavy atom. The van der Waals surface area contributed by atoms with Gasteiger partial charge in [-0.2, -0.15) is 0 Å². The van der Waals surface area contributed by atoms with Gasteiger partial charge in [0, 0.05) is 0 Å². The molecule has 126 valence electrons. The molecule has 2 heteroatoms. The van der Waals surface area contributed by atoms with Crippen LogP contribution in [0.2, 0.25) is 0 Å². The molecule has 0 aliphatic rings. The third-order valence-corrected chi connectivity index (χ3v) is 4.54. The van der Waals surface area contributed by atoms with E-state index in [2.05, 4.69) is 27.7 Å². The van der Waals surface area contributed by atoms with Crippen molar-refractivity contribution < 1.29 is 9.90 Å². The third-order valence-electron chi connectivity index (χ3n) is 4.54. The van der Waals surface area contributed by atoms with Crippen LogP contribution in [0.3, 0.4) is 0 Å². The van der Waals surface area contributed by atoms with Crippen molar-refractivity contribution in [2.24, 2.45) is 23.7 Å². The second-order valence-corrected chi connectivity index (χ2v) is 7.50. The van der Waals surface area contributed by atoms with Crippen molar-refractivity contribution in [1.29, 1.82) is 0 Å². The smallest absolute Gasteiger partial charge is 0.306 e. The first-order valence-electron chi connectivity index (χ1n) is 9.09. The Morgan fingerprint density at radius 2 is 1.57 bits per heavy atom. The topological polar surface area (TPSA) is 37.3 Å². The van der Waals surface area contributed by atoms with Gasteiger partial charge in [-0.05, 0) is 30.6 Å². The molecule has 0 radical (unpaired) electrons.